The fraction of sp³-hybridized carbons (Fsp3) is 0.385. The van der Waals surface area contributed by atoms with Crippen LogP contribution >= 0.6 is 11.3 Å². The molecule has 0 aliphatic rings. The van der Waals surface area contributed by atoms with Crippen LogP contribution in [0.4, 0.5) is 0 Å². The molecule has 7 heteroatoms. The zero-order valence-electron chi connectivity index (χ0n) is 11.3. The van der Waals surface area contributed by atoms with Crippen molar-refractivity contribution >= 4 is 21.6 Å². The van der Waals surface area contributed by atoms with Gasteiger partial charge >= 0.3 is 0 Å². The molecule has 3 aromatic heterocycles. The molecule has 20 heavy (non-hydrogen) atoms. The molecule has 0 saturated carbocycles. The molecule has 104 valence electrons. The lowest BCUT2D eigenvalue weighted by atomic mass is 10.3. The van der Waals surface area contributed by atoms with Crippen molar-refractivity contribution in [1.82, 2.24) is 19.7 Å². The van der Waals surface area contributed by atoms with Gasteiger partial charge in [-0.3, -0.25) is 9.36 Å². The van der Waals surface area contributed by atoms with Crippen LogP contribution in [0, 0.1) is 0 Å². The Hall–Kier alpha value is -2.02. The third-order valence-electron chi connectivity index (χ3n) is 3.05. The molecule has 0 unspecified atom stereocenters. The first-order valence-electron chi connectivity index (χ1n) is 6.50. The zero-order chi connectivity index (χ0) is 14.1. The number of hydrogen-bond donors (Lipinski definition) is 0. The van der Waals surface area contributed by atoms with Crippen molar-refractivity contribution in [2.75, 3.05) is 0 Å². The fourth-order valence-electron chi connectivity index (χ4n) is 1.94. The van der Waals surface area contributed by atoms with E-state index in [1.54, 1.807) is 11.3 Å². The average molecular weight is 290 g/mol. The smallest absolute Gasteiger partial charge is 0.262 e. The van der Waals surface area contributed by atoms with Gasteiger partial charge in [0, 0.05) is 11.3 Å². The maximum atomic E-state index is 12.4. The summed E-state index contributed by atoms with van der Waals surface area (Å²) in [6, 6.07) is 1.91. The van der Waals surface area contributed by atoms with E-state index in [1.807, 2.05) is 13.0 Å². The molecule has 0 aromatic carbocycles. The van der Waals surface area contributed by atoms with Crippen molar-refractivity contribution in [3.8, 4) is 0 Å². The number of hydrogen-bond acceptors (Lipinski definition) is 6. The van der Waals surface area contributed by atoms with Gasteiger partial charge in [-0.05, 0) is 12.5 Å². The summed E-state index contributed by atoms with van der Waals surface area (Å²) in [6.45, 7) is 4.27. The van der Waals surface area contributed by atoms with Crippen LogP contribution in [-0.4, -0.2) is 19.7 Å². The Morgan fingerprint density at radius 1 is 1.35 bits per heavy atom. The first-order chi connectivity index (χ1) is 9.71. The highest BCUT2D eigenvalue weighted by molar-refractivity contribution is 7.18. The summed E-state index contributed by atoms with van der Waals surface area (Å²) in [4.78, 5) is 22.8. The van der Waals surface area contributed by atoms with Crippen LogP contribution in [0.3, 0.4) is 0 Å². The summed E-state index contributed by atoms with van der Waals surface area (Å²) in [5.41, 5.74) is -0.0674. The molecule has 0 amide bonds. The van der Waals surface area contributed by atoms with Crippen molar-refractivity contribution in [1.29, 1.82) is 0 Å². The molecule has 0 fully saturated rings. The number of aryl methyl sites for hydroxylation is 2. The standard InChI is InChI=1S/C13H14N4O2S/c1-3-8-5-9-12(20-8)14-7-17(13(9)18)6-11-15-10(4-2)16-19-11/h5,7H,3-4,6H2,1-2H3. The molecule has 0 N–H and O–H groups in total. The van der Waals surface area contributed by atoms with Crippen LogP contribution in [0.25, 0.3) is 10.2 Å². The Kier molecular flexibility index (Phi) is 3.35. The van der Waals surface area contributed by atoms with Gasteiger partial charge in [-0.15, -0.1) is 11.3 Å². The molecule has 0 spiro atoms. The third kappa shape index (κ3) is 2.24. The van der Waals surface area contributed by atoms with Gasteiger partial charge in [0.05, 0.1) is 11.7 Å². The number of thiophene rings is 1. The first-order valence-corrected chi connectivity index (χ1v) is 7.32. The van der Waals surface area contributed by atoms with Crippen molar-refractivity contribution in [3.05, 3.63) is 39.3 Å². The van der Waals surface area contributed by atoms with E-state index in [2.05, 4.69) is 22.0 Å². The van der Waals surface area contributed by atoms with Gasteiger partial charge in [-0.2, -0.15) is 4.98 Å². The lowest BCUT2D eigenvalue weighted by Gasteiger charge is -2.00. The van der Waals surface area contributed by atoms with Crippen LogP contribution in [0.15, 0.2) is 21.7 Å². The minimum Gasteiger partial charge on any atom is -0.337 e. The van der Waals surface area contributed by atoms with Crippen molar-refractivity contribution < 1.29 is 4.52 Å². The van der Waals surface area contributed by atoms with E-state index in [1.165, 1.54) is 10.9 Å². The summed E-state index contributed by atoms with van der Waals surface area (Å²) in [5.74, 6) is 1.07. The van der Waals surface area contributed by atoms with E-state index < -0.39 is 0 Å². The number of nitrogens with zero attached hydrogens (tertiary/aromatic N) is 4. The molecule has 0 saturated heterocycles. The maximum absolute atomic E-state index is 12.4. The maximum Gasteiger partial charge on any atom is 0.262 e. The van der Waals surface area contributed by atoms with E-state index in [-0.39, 0.29) is 12.1 Å². The second-order valence-corrected chi connectivity index (χ2v) is 5.54. The van der Waals surface area contributed by atoms with Crippen molar-refractivity contribution in [2.45, 2.75) is 33.2 Å². The number of fused-ring (bicyclic) bond motifs is 1. The van der Waals surface area contributed by atoms with Crippen LogP contribution in [0.1, 0.15) is 30.4 Å². The van der Waals surface area contributed by atoms with E-state index in [4.69, 9.17) is 4.52 Å². The van der Waals surface area contributed by atoms with Gasteiger partial charge in [0.25, 0.3) is 5.56 Å². The molecule has 0 atom stereocenters. The van der Waals surface area contributed by atoms with Gasteiger partial charge in [0.15, 0.2) is 5.82 Å². The molecule has 0 aliphatic carbocycles. The summed E-state index contributed by atoms with van der Waals surface area (Å²) >= 11 is 1.56. The fourth-order valence-corrected chi connectivity index (χ4v) is 2.87. The number of aromatic nitrogens is 4. The quantitative estimate of drug-likeness (QED) is 0.735. The van der Waals surface area contributed by atoms with E-state index in [0.717, 1.165) is 16.1 Å². The second-order valence-electron chi connectivity index (χ2n) is 4.42. The SMILES string of the molecule is CCc1noc(Cn2cnc3sc(CC)cc3c2=O)n1. The lowest BCUT2D eigenvalue weighted by molar-refractivity contribution is 0.365. The molecule has 6 nitrogen and oxygen atoms in total. The second kappa shape index (κ2) is 5.16. The normalized spacial score (nSPS) is 11.3. The van der Waals surface area contributed by atoms with Crippen molar-refractivity contribution in [2.24, 2.45) is 0 Å². The topological polar surface area (TPSA) is 73.8 Å². The molecule has 3 rings (SSSR count). The summed E-state index contributed by atoms with van der Waals surface area (Å²) < 4.78 is 6.61. The predicted molar refractivity (Wildman–Crippen MR) is 76.0 cm³/mol. The van der Waals surface area contributed by atoms with Gasteiger partial charge in [0.2, 0.25) is 5.89 Å². The van der Waals surface area contributed by atoms with Gasteiger partial charge in [-0.25, -0.2) is 4.98 Å². The largest absolute Gasteiger partial charge is 0.337 e. The molecule has 3 aromatic rings. The van der Waals surface area contributed by atoms with Gasteiger partial charge < -0.3 is 4.52 Å². The monoisotopic (exact) mass is 290 g/mol. The predicted octanol–water partition coefficient (Wildman–Crippen LogP) is 2.01. The summed E-state index contributed by atoms with van der Waals surface area (Å²) in [6.07, 6.45) is 3.15. The Balaban J connectivity index is 1.99. The minimum absolute atomic E-state index is 0.0674. The molecule has 3 heterocycles. The lowest BCUT2D eigenvalue weighted by Crippen LogP contribution is -2.20. The molecule has 0 bridgehead atoms. The zero-order valence-corrected chi connectivity index (χ0v) is 12.1. The van der Waals surface area contributed by atoms with Gasteiger partial charge in [0.1, 0.15) is 11.4 Å². The van der Waals surface area contributed by atoms with Gasteiger partial charge in [-0.1, -0.05) is 19.0 Å². The van der Waals surface area contributed by atoms with E-state index in [0.29, 0.717) is 23.5 Å². The van der Waals surface area contributed by atoms with Crippen LogP contribution in [0.2, 0.25) is 0 Å². The van der Waals surface area contributed by atoms with Crippen LogP contribution in [0.5, 0.6) is 0 Å². The number of rotatable bonds is 4. The Labute approximate surface area is 119 Å². The Bertz CT molecular complexity index is 802. The van der Waals surface area contributed by atoms with Crippen LogP contribution < -0.4 is 5.56 Å². The van der Waals surface area contributed by atoms with E-state index in [9.17, 15) is 4.79 Å². The summed E-state index contributed by atoms with van der Waals surface area (Å²) in [7, 11) is 0. The highest BCUT2D eigenvalue weighted by Crippen LogP contribution is 2.21. The Morgan fingerprint density at radius 3 is 2.90 bits per heavy atom. The van der Waals surface area contributed by atoms with Crippen molar-refractivity contribution in [3.63, 3.8) is 0 Å². The molecular weight excluding hydrogens is 276 g/mol. The molecule has 0 aliphatic heterocycles. The highest BCUT2D eigenvalue weighted by Gasteiger charge is 2.11. The van der Waals surface area contributed by atoms with Crippen LogP contribution in [-0.2, 0) is 19.4 Å². The average Bonchev–Trinajstić information content (AvgIpc) is 3.08. The van der Waals surface area contributed by atoms with E-state index >= 15 is 0 Å². The highest BCUT2D eigenvalue weighted by atomic mass is 32.1. The molecule has 0 radical (unpaired) electrons. The minimum atomic E-state index is -0.0674. The Morgan fingerprint density at radius 2 is 2.20 bits per heavy atom. The molecular formula is C13H14N4O2S. The summed E-state index contributed by atoms with van der Waals surface area (Å²) in [5, 5.41) is 4.48. The first kappa shape index (κ1) is 13.0. The third-order valence-corrected chi connectivity index (χ3v) is 4.24.